The second-order valence-corrected chi connectivity index (χ2v) is 5.38. The van der Waals surface area contributed by atoms with Gasteiger partial charge in [0, 0.05) is 19.1 Å². The molecule has 1 N–H and O–H groups in total. The number of nitrogens with zero attached hydrogens (tertiary/aromatic N) is 1. The Morgan fingerprint density at radius 2 is 1.76 bits per heavy atom. The lowest BCUT2D eigenvalue weighted by molar-refractivity contribution is -0.150. The predicted molar refractivity (Wildman–Crippen MR) is 66.6 cm³/mol. The fourth-order valence-electron chi connectivity index (χ4n) is 2.27. The minimum atomic E-state index is -0.735. The highest BCUT2D eigenvalue weighted by atomic mass is 16.4. The van der Waals surface area contributed by atoms with Gasteiger partial charge in [-0.05, 0) is 31.9 Å². The highest BCUT2D eigenvalue weighted by Gasteiger charge is 2.39. The van der Waals surface area contributed by atoms with Crippen LogP contribution in [0.1, 0.15) is 31.9 Å². The molecule has 1 heterocycles. The Bertz CT molecular complexity index is 415. The number of benzene rings is 1. The van der Waals surface area contributed by atoms with Gasteiger partial charge in [-0.1, -0.05) is 24.3 Å². The molecule has 1 aliphatic rings. The van der Waals surface area contributed by atoms with Gasteiger partial charge in [-0.2, -0.15) is 0 Å². The highest BCUT2D eigenvalue weighted by Crippen LogP contribution is 2.32. The van der Waals surface area contributed by atoms with Crippen molar-refractivity contribution in [2.45, 2.75) is 39.9 Å². The van der Waals surface area contributed by atoms with Crippen molar-refractivity contribution in [3.8, 4) is 0 Å². The van der Waals surface area contributed by atoms with E-state index in [0.29, 0.717) is 0 Å². The number of carboxylic acid groups (broad SMARTS) is 1. The van der Waals surface area contributed by atoms with Crippen molar-refractivity contribution < 1.29 is 9.90 Å². The molecule has 92 valence electrons. The number of hydrogen-bond acceptors (Lipinski definition) is 2. The van der Waals surface area contributed by atoms with Gasteiger partial charge in [-0.3, -0.25) is 9.69 Å². The maximum Gasteiger partial charge on any atom is 0.310 e. The topological polar surface area (TPSA) is 40.5 Å². The maximum absolute atomic E-state index is 11.3. The molecular formula is C14H19NO2. The molecule has 0 bridgehead atoms. The fraction of sp³-hybridized carbons (Fsp3) is 0.500. The van der Waals surface area contributed by atoms with Crippen LogP contribution in [0.25, 0.3) is 0 Å². The van der Waals surface area contributed by atoms with E-state index >= 15 is 0 Å². The van der Waals surface area contributed by atoms with Crippen LogP contribution in [-0.2, 0) is 17.9 Å². The average Bonchev–Trinajstić information content (AvgIpc) is 2.70. The summed E-state index contributed by atoms with van der Waals surface area (Å²) >= 11 is 0. The minimum absolute atomic E-state index is 0.0207. The molecule has 0 fully saturated rings. The van der Waals surface area contributed by atoms with Crippen LogP contribution in [-0.4, -0.2) is 22.0 Å². The van der Waals surface area contributed by atoms with Crippen molar-refractivity contribution in [3.05, 3.63) is 35.4 Å². The van der Waals surface area contributed by atoms with Crippen molar-refractivity contribution in [1.29, 1.82) is 0 Å². The molecule has 0 aromatic heterocycles. The Kier molecular flexibility index (Phi) is 2.96. The van der Waals surface area contributed by atoms with E-state index in [4.69, 9.17) is 0 Å². The second-order valence-electron chi connectivity index (χ2n) is 5.38. The number of rotatable bonds is 3. The van der Waals surface area contributed by atoms with E-state index in [1.54, 1.807) is 13.8 Å². The van der Waals surface area contributed by atoms with Crippen LogP contribution in [0.5, 0.6) is 0 Å². The molecule has 0 spiro atoms. The molecule has 1 aliphatic heterocycles. The summed E-state index contributed by atoms with van der Waals surface area (Å²) in [6, 6.07) is 8.34. The van der Waals surface area contributed by atoms with Gasteiger partial charge in [0.05, 0.1) is 5.41 Å². The largest absolute Gasteiger partial charge is 0.481 e. The van der Waals surface area contributed by atoms with E-state index < -0.39 is 11.4 Å². The van der Waals surface area contributed by atoms with E-state index in [1.165, 1.54) is 11.1 Å². The molecule has 1 atom stereocenters. The third-order valence-corrected chi connectivity index (χ3v) is 4.01. The van der Waals surface area contributed by atoms with Crippen LogP contribution in [0.3, 0.4) is 0 Å². The van der Waals surface area contributed by atoms with Gasteiger partial charge in [0.1, 0.15) is 0 Å². The van der Waals surface area contributed by atoms with Gasteiger partial charge in [-0.25, -0.2) is 0 Å². The van der Waals surface area contributed by atoms with Crippen molar-refractivity contribution in [2.24, 2.45) is 5.41 Å². The monoisotopic (exact) mass is 233 g/mol. The molecule has 0 aliphatic carbocycles. The van der Waals surface area contributed by atoms with Crippen molar-refractivity contribution >= 4 is 5.97 Å². The van der Waals surface area contributed by atoms with E-state index in [-0.39, 0.29) is 6.04 Å². The molecule has 2 rings (SSSR count). The van der Waals surface area contributed by atoms with Crippen LogP contribution < -0.4 is 0 Å². The van der Waals surface area contributed by atoms with Gasteiger partial charge in [0.15, 0.2) is 0 Å². The van der Waals surface area contributed by atoms with Gasteiger partial charge in [-0.15, -0.1) is 0 Å². The van der Waals surface area contributed by atoms with E-state index in [9.17, 15) is 9.90 Å². The number of fused-ring (bicyclic) bond motifs is 1. The third kappa shape index (κ3) is 2.07. The Morgan fingerprint density at radius 1 is 1.29 bits per heavy atom. The first kappa shape index (κ1) is 12.1. The van der Waals surface area contributed by atoms with Crippen molar-refractivity contribution in [2.75, 3.05) is 0 Å². The lowest BCUT2D eigenvalue weighted by atomic mass is 9.84. The summed E-state index contributed by atoms with van der Waals surface area (Å²) in [5.41, 5.74) is 1.92. The van der Waals surface area contributed by atoms with E-state index in [2.05, 4.69) is 17.0 Å². The highest BCUT2D eigenvalue weighted by molar-refractivity contribution is 5.74. The normalized spacial score (nSPS) is 17.8. The first-order chi connectivity index (χ1) is 7.93. The summed E-state index contributed by atoms with van der Waals surface area (Å²) in [6.45, 7) is 7.30. The Hall–Kier alpha value is -1.35. The Morgan fingerprint density at radius 3 is 2.18 bits per heavy atom. The van der Waals surface area contributed by atoms with Crippen LogP contribution in [0.15, 0.2) is 24.3 Å². The zero-order chi connectivity index (χ0) is 12.6. The van der Waals surface area contributed by atoms with Crippen molar-refractivity contribution in [1.82, 2.24) is 4.90 Å². The quantitative estimate of drug-likeness (QED) is 0.872. The molecule has 3 heteroatoms. The number of carbonyl (C=O) groups is 1. The molecule has 0 saturated heterocycles. The van der Waals surface area contributed by atoms with Crippen LogP contribution in [0.2, 0.25) is 0 Å². The maximum atomic E-state index is 11.3. The minimum Gasteiger partial charge on any atom is -0.481 e. The standard InChI is InChI=1S/C14H19NO2/c1-10(14(2,3)13(16)17)15-8-11-6-4-5-7-12(11)9-15/h4-7,10H,8-9H2,1-3H3,(H,16,17). The first-order valence-corrected chi connectivity index (χ1v) is 5.97. The lowest BCUT2D eigenvalue weighted by Crippen LogP contribution is -2.45. The van der Waals surface area contributed by atoms with Gasteiger partial charge < -0.3 is 5.11 Å². The Balaban J connectivity index is 2.16. The summed E-state index contributed by atoms with van der Waals surface area (Å²) in [7, 11) is 0. The molecule has 1 aromatic carbocycles. The summed E-state index contributed by atoms with van der Waals surface area (Å²) in [5, 5.41) is 9.26. The van der Waals surface area contributed by atoms with Gasteiger partial charge >= 0.3 is 5.97 Å². The molecule has 1 aromatic rings. The summed E-state index contributed by atoms with van der Waals surface area (Å²) in [5.74, 6) is -0.735. The zero-order valence-electron chi connectivity index (χ0n) is 10.6. The average molecular weight is 233 g/mol. The SMILES string of the molecule is CC(N1Cc2ccccc2C1)C(C)(C)C(=O)O. The smallest absolute Gasteiger partial charge is 0.310 e. The number of aliphatic carboxylic acids is 1. The van der Waals surface area contributed by atoms with E-state index in [0.717, 1.165) is 13.1 Å². The first-order valence-electron chi connectivity index (χ1n) is 5.97. The fourth-order valence-corrected chi connectivity index (χ4v) is 2.27. The number of carboxylic acids is 1. The summed E-state index contributed by atoms with van der Waals surface area (Å²) < 4.78 is 0. The van der Waals surface area contributed by atoms with Gasteiger partial charge in [0.25, 0.3) is 0 Å². The molecule has 0 radical (unpaired) electrons. The third-order valence-electron chi connectivity index (χ3n) is 4.01. The molecule has 1 unspecified atom stereocenters. The second kappa shape index (κ2) is 4.15. The van der Waals surface area contributed by atoms with Crippen molar-refractivity contribution in [3.63, 3.8) is 0 Å². The van der Waals surface area contributed by atoms with Crippen LogP contribution in [0, 0.1) is 5.41 Å². The summed E-state index contributed by atoms with van der Waals surface area (Å²) in [6.07, 6.45) is 0. The van der Waals surface area contributed by atoms with Crippen LogP contribution >= 0.6 is 0 Å². The van der Waals surface area contributed by atoms with E-state index in [1.807, 2.05) is 19.1 Å². The molecule has 0 amide bonds. The molecule has 0 saturated carbocycles. The molecule has 3 nitrogen and oxygen atoms in total. The lowest BCUT2D eigenvalue weighted by Gasteiger charge is -2.34. The molecular weight excluding hydrogens is 214 g/mol. The predicted octanol–water partition coefficient (Wildman–Crippen LogP) is 2.50. The summed E-state index contributed by atoms with van der Waals surface area (Å²) in [4.78, 5) is 13.5. The van der Waals surface area contributed by atoms with Gasteiger partial charge in [0.2, 0.25) is 0 Å². The van der Waals surface area contributed by atoms with Crippen LogP contribution in [0.4, 0.5) is 0 Å². The number of hydrogen-bond donors (Lipinski definition) is 1. The molecule has 17 heavy (non-hydrogen) atoms. The zero-order valence-corrected chi connectivity index (χ0v) is 10.6. The Labute approximate surface area is 102 Å².